The first kappa shape index (κ1) is 28.4. The maximum Gasteiger partial charge on any atom is 0.350 e. The highest BCUT2D eigenvalue weighted by molar-refractivity contribution is 7.17. The first-order chi connectivity index (χ1) is 19.1. The Bertz CT molecular complexity index is 1520. The average Bonchev–Trinajstić information content (AvgIpc) is 3.47. The molecule has 1 aliphatic heterocycles. The number of anilines is 1. The van der Waals surface area contributed by atoms with Crippen LogP contribution < -0.4 is 23.8 Å². The van der Waals surface area contributed by atoms with Crippen LogP contribution in [0, 0.1) is 13.8 Å². The average molecular weight is 569 g/mol. The molecule has 0 spiro atoms. The first-order valence-electron chi connectivity index (χ1n) is 11.9. The second-order valence-corrected chi connectivity index (χ2v) is 9.69. The number of benzene rings is 2. The third-order valence-corrected chi connectivity index (χ3v) is 7.61. The van der Waals surface area contributed by atoms with Gasteiger partial charge < -0.3 is 28.8 Å². The van der Waals surface area contributed by atoms with Crippen LogP contribution in [0.5, 0.6) is 23.0 Å². The maximum absolute atomic E-state index is 13.6. The predicted molar refractivity (Wildman–Crippen MR) is 147 cm³/mol. The fourth-order valence-electron chi connectivity index (χ4n) is 4.55. The Balaban J connectivity index is 2.02. The van der Waals surface area contributed by atoms with E-state index in [0.29, 0.717) is 33.9 Å². The van der Waals surface area contributed by atoms with E-state index < -0.39 is 29.5 Å². The number of aryl methyl sites for hydroxylation is 2. The van der Waals surface area contributed by atoms with E-state index in [1.54, 1.807) is 44.2 Å². The molecular weight excluding hydrogens is 540 g/mol. The standard InChI is InChI=1S/C28H28N2O9S/c1-13-10-15(8-9-17(13)35-3)22(31)20-21(16-11-18(36-4)24(38-6)19(12-16)37-5)30(26(33)23(20)32)28-29-14(2)25(40-28)27(34)39-7/h8-12,21,31H,1-7H3/b22-20+/t21-/m1/s1. The summed E-state index contributed by atoms with van der Waals surface area (Å²) in [6, 6.07) is 6.90. The second-order valence-electron chi connectivity index (χ2n) is 8.71. The van der Waals surface area contributed by atoms with Crippen molar-refractivity contribution in [2.24, 2.45) is 0 Å². The lowest BCUT2D eigenvalue weighted by Gasteiger charge is -2.24. The van der Waals surface area contributed by atoms with Crippen molar-refractivity contribution in [3.05, 3.63) is 63.2 Å². The highest BCUT2D eigenvalue weighted by atomic mass is 32.1. The molecule has 0 bridgehead atoms. The summed E-state index contributed by atoms with van der Waals surface area (Å²) < 4.78 is 26.6. The molecule has 0 radical (unpaired) electrons. The lowest BCUT2D eigenvalue weighted by molar-refractivity contribution is -0.132. The molecule has 2 heterocycles. The summed E-state index contributed by atoms with van der Waals surface area (Å²) in [5.74, 6) is -1.46. The van der Waals surface area contributed by atoms with Crippen molar-refractivity contribution >= 4 is 39.9 Å². The monoisotopic (exact) mass is 568 g/mol. The van der Waals surface area contributed by atoms with Crippen molar-refractivity contribution in [3.63, 3.8) is 0 Å². The molecule has 2 aromatic carbocycles. The number of aromatic nitrogens is 1. The zero-order chi connectivity index (χ0) is 29.3. The normalized spacial score (nSPS) is 16.2. The molecule has 4 rings (SSSR count). The summed E-state index contributed by atoms with van der Waals surface area (Å²) in [4.78, 5) is 45.2. The Morgan fingerprint density at radius 2 is 1.55 bits per heavy atom. The number of ketones is 1. The number of aliphatic hydroxyl groups excluding tert-OH is 1. The quantitative estimate of drug-likeness (QED) is 0.182. The summed E-state index contributed by atoms with van der Waals surface area (Å²) >= 11 is 0.897. The third kappa shape index (κ3) is 4.70. The maximum atomic E-state index is 13.6. The van der Waals surface area contributed by atoms with Gasteiger partial charge >= 0.3 is 11.9 Å². The number of nitrogens with zero attached hydrogens (tertiary/aromatic N) is 2. The van der Waals surface area contributed by atoms with Gasteiger partial charge in [0.1, 0.15) is 16.4 Å². The molecule has 0 saturated carbocycles. The summed E-state index contributed by atoms with van der Waals surface area (Å²) in [5, 5.41) is 11.6. The minimum absolute atomic E-state index is 0.0729. The molecule has 0 unspecified atom stereocenters. The van der Waals surface area contributed by atoms with Gasteiger partial charge in [0.05, 0.1) is 52.9 Å². The number of carbonyl (C=O) groups excluding carboxylic acids is 3. The Labute approximate surface area is 234 Å². The fraction of sp³-hybridized carbons (Fsp3) is 0.286. The van der Waals surface area contributed by atoms with E-state index >= 15 is 0 Å². The smallest absolute Gasteiger partial charge is 0.350 e. The number of hydrogen-bond donors (Lipinski definition) is 1. The molecule has 0 aliphatic carbocycles. The van der Waals surface area contributed by atoms with E-state index in [2.05, 4.69) is 4.98 Å². The minimum atomic E-state index is -1.16. The van der Waals surface area contributed by atoms with Crippen LogP contribution in [0.25, 0.3) is 5.76 Å². The van der Waals surface area contributed by atoms with E-state index in [1.165, 1.54) is 35.5 Å². The molecule has 1 aromatic heterocycles. The van der Waals surface area contributed by atoms with E-state index in [1.807, 2.05) is 0 Å². The van der Waals surface area contributed by atoms with Gasteiger partial charge in [0.2, 0.25) is 5.75 Å². The molecule has 1 amide bonds. The van der Waals surface area contributed by atoms with Gasteiger partial charge in [-0.2, -0.15) is 0 Å². The molecule has 11 nitrogen and oxygen atoms in total. The summed E-state index contributed by atoms with van der Waals surface area (Å²) in [5.41, 5.74) is 1.52. The van der Waals surface area contributed by atoms with Crippen molar-refractivity contribution in [2.45, 2.75) is 19.9 Å². The molecule has 12 heteroatoms. The Morgan fingerprint density at radius 1 is 0.925 bits per heavy atom. The molecular formula is C28H28N2O9S. The minimum Gasteiger partial charge on any atom is -0.507 e. The first-order valence-corrected chi connectivity index (χ1v) is 12.7. The van der Waals surface area contributed by atoms with Crippen LogP contribution in [0.15, 0.2) is 35.9 Å². The van der Waals surface area contributed by atoms with Crippen LogP contribution in [0.4, 0.5) is 5.13 Å². The molecule has 3 aromatic rings. The lowest BCUT2D eigenvalue weighted by Crippen LogP contribution is -2.29. The molecule has 210 valence electrons. The number of aliphatic hydroxyl groups is 1. The van der Waals surface area contributed by atoms with E-state index in [0.717, 1.165) is 16.2 Å². The van der Waals surface area contributed by atoms with Crippen molar-refractivity contribution in [2.75, 3.05) is 40.4 Å². The van der Waals surface area contributed by atoms with Gasteiger partial charge in [-0.1, -0.05) is 11.3 Å². The van der Waals surface area contributed by atoms with E-state index in [4.69, 9.17) is 23.7 Å². The van der Waals surface area contributed by atoms with Crippen molar-refractivity contribution in [1.29, 1.82) is 0 Å². The molecule has 40 heavy (non-hydrogen) atoms. The molecule has 1 N–H and O–H groups in total. The fourth-order valence-corrected chi connectivity index (χ4v) is 5.56. The van der Waals surface area contributed by atoms with E-state index in [-0.39, 0.29) is 27.1 Å². The summed E-state index contributed by atoms with van der Waals surface area (Å²) in [6.07, 6.45) is 0. The number of hydrogen-bond acceptors (Lipinski definition) is 11. The summed E-state index contributed by atoms with van der Waals surface area (Å²) in [7, 11) is 7.08. The highest BCUT2D eigenvalue weighted by Gasteiger charge is 2.49. The zero-order valence-electron chi connectivity index (χ0n) is 23.0. The topological polar surface area (TPSA) is 134 Å². The van der Waals surface area contributed by atoms with Crippen molar-refractivity contribution in [3.8, 4) is 23.0 Å². The highest BCUT2D eigenvalue weighted by Crippen LogP contribution is 2.48. The zero-order valence-corrected chi connectivity index (χ0v) is 23.8. The van der Waals surface area contributed by atoms with Gasteiger partial charge in [0.15, 0.2) is 16.6 Å². The van der Waals surface area contributed by atoms with Gasteiger partial charge in [0, 0.05) is 5.56 Å². The summed E-state index contributed by atoms with van der Waals surface area (Å²) in [6.45, 7) is 3.38. The van der Waals surface area contributed by atoms with Gasteiger partial charge in [-0.05, 0) is 55.3 Å². The van der Waals surface area contributed by atoms with Crippen LogP contribution in [-0.2, 0) is 14.3 Å². The molecule has 1 saturated heterocycles. The van der Waals surface area contributed by atoms with Crippen molar-refractivity contribution < 1.29 is 43.2 Å². The largest absolute Gasteiger partial charge is 0.507 e. The number of Topliss-reactive ketones (excluding diaryl/α,β-unsaturated/α-hetero) is 1. The van der Waals surface area contributed by atoms with Gasteiger partial charge in [0.25, 0.3) is 5.78 Å². The number of thiazole rings is 1. The second kappa shape index (κ2) is 11.3. The van der Waals surface area contributed by atoms with Crippen LogP contribution in [0.2, 0.25) is 0 Å². The molecule has 1 atom stereocenters. The van der Waals surface area contributed by atoms with Gasteiger partial charge in [-0.15, -0.1) is 0 Å². The SMILES string of the molecule is COC(=O)c1sc(N2C(=O)C(=O)/C(=C(/O)c3ccc(OC)c(C)c3)[C@H]2c2cc(OC)c(OC)c(OC)c2)nc1C. The third-order valence-electron chi connectivity index (χ3n) is 6.48. The Hall–Kier alpha value is -4.58. The number of amides is 1. The van der Waals surface area contributed by atoms with Gasteiger partial charge in [-0.3, -0.25) is 14.5 Å². The number of carbonyl (C=O) groups is 3. The number of methoxy groups -OCH3 is 5. The number of ether oxygens (including phenoxy) is 5. The van der Waals surface area contributed by atoms with Crippen LogP contribution >= 0.6 is 11.3 Å². The van der Waals surface area contributed by atoms with Crippen LogP contribution in [-0.4, -0.2) is 63.3 Å². The number of esters is 1. The van der Waals surface area contributed by atoms with Crippen molar-refractivity contribution in [1.82, 2.24) is 4.98 Å². The lowest BCUT2D eigenvalue weighted by atomic mass is 9.94. The van der Waals surface area contributed by atoms with Crippen LogP contribution in [0.1, 0.15) is 38.1 Å². The molecule has 1 aliphatic rings. The Kier molecular flexibility index (Phi) is 8.01. The Morgan fingerprint density at radius 3 is 2.08 bits per heavy atom. The number of rotatable bonds is 8. The van der Waals surface area contributed by atoms with E-state index in [9.17, 15) is 19.5 Å². The van der Waals surface area contributed by atoms with Crippen LogP contribution in [0.3, 0.4) is 0 Å². The van der Waals surface area contributed by atoms with Gasteiger partial charge in [-0.25, -0.2) is 9.78 Å². The molecule has 1 fully saturated rings. The predicted octanol–water partition coefficient (Wildman–Crippen LogP) is 4.21.